The molecule has 2 fully saturated rings. The molecule has 0 aromatic heterocycles. The predicted octanol–water partition coefficient (Wildman–Crippen LogP) is 3.41. The second kappa shape index (κ2) is 8.39. The Hall–Kier alpha value is -1.30. The fourth-order valence-corrected chi connectivity index (χ4v) is 3.93. The molecular weight excluding hydrogens is 361 g/mol. The third kappa shape index (κ3) is 4.46. The van der Waals surface area contributed by atoms with Gasteiger partial charge in [0.05, 0.1) is 28.3 Å². The van der Waals surface area contributed by atoms with E-state index in [1.165, 1.54) is 0 Å². The number of anilines is 1. The maximum Gasteiger partial charge on any atom is 0.239 e. The fourth-order valence-electron chi connectivity index (χ4n) is 3.58. The molecule has 1 aromatic rings. The minimum Gasteiger partial charge on any atom is -0.341 e. The van der Waals surface area contributed by atoms with Crippen LogP contribution >= 0.6 is 23.2 Å². The molecule has 136 valence electrons. The summed E-state index contributed by atoms with van der Waals surface area (Å²) in [5.41, 5.74) is 0.499. The van der Waals surface area contributed by atoms with Crippen molar-refractivity contribution in [1.82, 2.24) is 9.80 Å². The molecule has 3 rings (SSSR count). The molecule has 1 unspecified atom stereocenters. The molecule has 2 amide bonds. The second-order valence-electron chi connectivity index (χ2n) is 6.66. The number of benzene rings is 1. The Morgan fingerprint density at radius 1 is 1.08 bits per heavy atom. The smallest absolute Gasteiger partial charge is 0.239 e. The zero-order chi connectivity index (χ0) is 17.8. The maximum atomic E-state index is 12.8. The molecular formula is C18H23Cl2N3O2. The average Bonchev–Trinajstić information content (AvgIpc) is 3.13. The van der Waals surface area contributed by atoms with Gasteiger partial charge in [-0.05, 0) is 44.4 Å². The van der Waals surface area contributed by atoms with Crippen molar-refractivity contribution in [3.63, 3.8) is 0 Å². The van der Waals surface area contributed by atoms with Crippen LogP contribution in [0.25, 0.3) is 0 Å². The molecule has 0 spiro atoms. The van der Waals surface area contributed by atoms with Crippen molar-refractivity contribution >= 4 is 40.7 Å². The molecule has 0 radical (unpaired) electrons. The second-order valence-corrected chi connectivity index (χ2v) is 7.45. The fraction of sp³-hybridized carbons (Fsp3) is 0.556. The van der Waals surface area contributed by atoms with E-state index >= 15 is 0 Å². The number of amides is 2. The summed E-state index contributed by atoms with van der Waals surface area (Å²) in [7, 11) is 0. The van der Waals surface area contributed by atoms with Gasteiger partial charge in [0.15, 0.2) is 0 Å². The highest BCUT2D eigenvalue weighted by atomic mass is 35.5. The van der Waals surface area contributed by atoms with E-state index in [1.54, 1.807) is 18.2 Å². The van der Waals surface area contributed by atoms with Gasteiger partial charge in [0.2, 0.25) is 11.8 Å². The van der Waals surface area contributed by atoms with Crippen molar-refractivity contribution in [2.75, 3.05) is 31.5 Å². The Morgan fingerprint density at radius 3 is 2.56 bits per heavy atom. The van der Waals surface area contributed by atoms with E-state index in [-0.39, 0.29) is 24.4 Å². The first kappa shape index (κ1) is 18.5. The molecule has 2 heterocycles. The number of hydrogen-bond donors (Lipinski definition) is 1. The summed E-state index contributed by atoms with van der Waals surface area (Å²) in [6.07, 6.45) is 5.01. The molecule has 0 bridgehead atoms. The number of carbonyl (C=O) groups excluding carboxylic acids is 2. The Labute approximate surface area is 158 Å². The van der Waals surface area contributed by atoms with E-state index in [9.17, 15) is 9.59 Å². The van der Waals surface area contributed by atoms with Crippen LogP contribution in [0, 0.1) is 0 Å². The van der Waals surface area contributed by atoms with Crippen LogP contribution in [-0.2, 0) is 9.59 Å². The SMILES string of the molecule is O=C(CN1CCCCC1C(=O)N1CCCC1)Nc1cccc(Cl)c1Cl. The lowest BCUT2D eigenvalue weighted by Crippen LogP contribution is -2.52. The lowest BCUT2D eigenvalue weighted by atomic mass is 10.0. The van der Waals surface area contributed by atoms with Gasteiger partial charge in [0, 0.05) is 13.1 Å². The minimum atomic E-state index is -0.188. The van der Waals surface area contributed by atoms with Crippen LogP contribution in [0.15, 0.2) is 18.2 Å². The summed E-state index contributed by atoms with van der Waals surface area (Å²) in [6.45, 7) is 2.63. The third-order valence-corrected chi connectivity index (χ3v) is 5.71. The molecule has 0 aliphatic carbocycles. The highest BCUT2D eigenvalue weighted by Gasteiger charge is 2.33. The van der Waals surface area contributed by atoms with Crippen molar-refractivity contribution in [2.24, 2.45) is 0 Å². The standard InChI is InChI=1S/C18H23Cl2N3O2/c19-13-6-5-7-14(17(13)20)21-16(24)12-23-11-2-1-8-15(23)18(25)22-9-3-4-10-22/h5-7,15H,1-4,8-12H2,(H,21,24). The first-order chi connectivity index (χ1) is 12.1. The number of likely N-dealkylation sites (tertiary alicyclic amines) is 2. The third-order valence-electron chi connectivity index (χ3n) is 4.89. The highest BCUT2D eigenvalue weighted by molar-refractivity contribution is 6.44. The zero-order valence-electron chi connectivity index (χ0n) is 14.1. The molecule has 1 atom stereocenters. The van der Waals surface area contributed by atoms with E-state index in [1.807, 2.05) is 9.80 Å². The number of halogens is 2. The van der Waals surface area contributed by atoms with Gasteiger partial charge in [-0.15, -0.1) is 0 Å². The molecule has 2 aliphatic rings. The zero-order valence-corrected chi connectivity index (χ0v) is 15.7. The molecule has 0 saturated carbocycles. The highest BCUT2D eigenvalue weighted by Crippen LogP contribution is 2.29. The lowest BCUT2D eigenvalue weighted by Gasteiger charge is -2.36. The number of nitrogens with zero attached hydrogens (tertiary/aromatic N) is 2. The van der Waals surface area contributed by atoms with Crippen LogP contribution < -0.4 is 5.32 Å². The van der Waals surface area contributed by atoms with E-state index in [2.05, 4.69) is 5.32 Å². The number of carbonyl (C=O) groups is 2. The van der Waals surface area contributed by atoms with E-state index < -0.39 is 0 Å². The van der Waals surface area contributed by atoms with Gasteiger partial charge in [-0.1, -0.05) is 35.7 Å². The van der Waals surface area contributed by atoms with Gasteiger partial charge >= 0.3 is 0 Å². The number of piperidine rings is 1. The van der Waals surface area contributed by atoms with E-state index in [4.69, 9.17) is 23.2 Å². The normalized spacial score (nSPS) is 21.4. The van der Waals surface area contributed by atoms with Crippen molar-refractivity contribution in [1.29, 1.82) is 0 Å². The van der Waals surface area contributed by atoms with Gasteiger partial charge < -0.3 is 10.2 Å². The van der Waals surface area contributed by atoms with E-state index in [0.717, 1.165) is 51.7 Å². The molecule has 1 aromatic carbocycles. The topological polar surface area (TPSA) is 52.7 Å². The first-order valence-electron chi connectivity index (χ1n) is 8.83. The summed E-state index contributed by atoms with van der Waals surface area (Å²) in [6, 6.07) is 4.95. The van der Waals surface area contributed by atoms with Crippen molar-refractivity contribution in [3.05, 3.63) is 28.2 Å². The summed E-state index contributed by atoms with van der Waals surface area (Å²) < 4.78 is 0. The van der Waals surface area contributed by atoms with Crippen molar-refractivity contribution < 1.29 is 9.59 Å². The molecule has 25 heavy (non-hydrogen) atoms. The van der Waals surface area contributed by atoms with Crippen LogP contribution in [-0.4, -0.2) is 53.8 Å². The van der Waals surface area contributed by atoms with Crippen LogP contribution in [0.5, 0.6) is 0 Å². The quantitative estimate of drug-likeness (QED) is 0.866. The van der Waals surface area contributed by atoms with E-state index in [0.29, 0.717) is 15.7 Å². The van der Waals surface area contributed by atoms with Gasteiger partial charge in [-0.2, -0.15) is 0 Å². The Kier molecular flexibility index (Phi) is 6.20. The van der Waals surface area contributed by atoms with Gasteiger partial charge in [0.25, 0.3) is 0 Å². The average molecular weight is 384 g/mol. The first-order valence-corrected chi connectivity index (χ1v) is 9.58. The summed E-state index contributed by atoms with van der Waals surface area (Å²) in [4.78, 5) is 29.2. The monoisotopic (exact) mass is 383 g/mol. The molecule has 7 heteroatoms. The van der Waals surface area contributed by atoms with Gasteiger partial charge in [-0.3, -0.25) is 14.5 Å². The maximum absolute atomic E-state index is 12.8. The summed E-state index contributed by atoms with van der Waals surface area (Å²) in [5, 5.41) is 3.54. The number of rotatable bonds is 4. The predicted molar refractivity (Wildman–Crippen MR) is 100 cm³/mol. The molecule has 2 saturated heterocycles. The number of nitrogens with one attached hydrogen (secondary N) is 1. The minimum absolute atomic E-state index is 0.172. The Balaban J connectivity index is 1.63. The summed E-state index contributed by atoms with van der Waals surface area (Å²) in [5.74, 6) is -0.00363. The van der Waals surface area contributed by atoms with Crippen molar-refractivity contribution in [2.45, 2.75) is 38.1 Å². The van der Waals surface area contributed by atoms with Crippen LogP contribution in [0.2, 0.25) is 10.0 Å². The molecule has 5 nitrogen and oxygen atoms in total. The van der Waals surface area contributed by atoms with Crippen LogP contribution in [0.4, 0.5) is 5.69 Å². The summed E-state index contributed by atoms with van der Waals surface area (Å²) >= 11 is 12.1. The number of hydrogen-bond acceptors (Lipinski definition) is 3. The van der Waals surface area contributed by atoms with Gasteiger partial charge in [-0.25, -0.2) is 0 Å². The molecule has 1 N–H and O–H groups in total. The largest absolute Gasteiger partial charge is 0.341 e. The lowest BCUT2D eigenvalue weighted by molar-refractivity contribution is -0.137. The van der Waals surface area contributed by atoms with Crippen LogP contribution in [0.1, 0.15) is 32.1 Å². The Morgan fingerprint density at radius 2 is 1.80 bits per heavy atom. The molecule has 2 aliphatic heterocycles. The van der Waals surface area contributed by atoms with Crippen LogP contribution in [0.3, 0.4) is 0 Å². The van der Waals surface area contributed by atoms with Gasteiger partial charge in [0.1, 0.15) is 0 Å². The van der Waals surface area contributed by atoms with Crippen molar-refractivity contribution in [3.8, 4) is 0 Å². The Bertz CT molecular complexity index is 647.